The molecule has 0 unspecified atom stereocenters. The van der Waals surface area contributed by atoms with Crippen molar-refractivity contribution in [2.75, 3.05) is 13.2 Å². The fourth-order valence-corrected chi connectivity index (χ4v) is 1.33. The van der Waals surface area contributed by atoms with Gasteiger partial charge in [-0.25, -0.2) is 18.4 Å². The van der Waals surface area contributed by atoms with Gasteiger partial charge >= 0.3 is 11.9 Å². The van der Waals surface area contributed by atoms with Crippen molar-refractivity contribution in [2.24, 2.45) is 0 Å². The molecule has 0 atom stereocenters. The van der Waals surface area contributed by atoms with Crippen LogP contribution in [0.5, 0.6) is 0 Å². The molecule has 0 bridgehead atoms. The van der Waals surface area contributed by atoms with E-state index < -0.39 is 29.1 Å². The number of carbonyl (C=O) groups is 2. The normalized spacial score (nSPS) is 10.0. The average molecular weight is 258 g/mol. The van der Waals surface area contributed by atoms with E-state index in [2.05, 4.69) is 9.47 Å². The third kappa shape index (κ3) is 2.82. The van der Waals surface area contributed by atoms with Crippen molar-refractivity contribution in [3.63, 3.8) is 0 Å². The van der Waals surface area contributed by atoms with E-state index >= 15 is 0 Å². The molecule has 1 rings (SSSR count). The largest absolute Gasteiger partial charge is 0.462 e. The van der Waals surface area contributed by atoms with Gasteiger partial charge < -0.3 is 9.47 Å². The van der Waals surface area contributed by atoms with Gasteiger partial charge in [-0.2, -0.15) is 0 Å². The van der Waals surface area contributed by atoms with E-state index in [1.54, 1.807) is 6.92 Å². The highest BCUT2D eigenvalue weighted by Crippen LogP contribution is 2.19. The van der Waals surface area contributed by atoms with Gasteiger partial charge in [-0.1, -0.05) is 0 Å². The molecule has 1 aromatic rings. The van der Waals surface area contributed by atoms with Crippen LogP contribution in [0.4, 0.5) is 8.78 Å². The highest BCUT2D eigenvalue weighted by atomic mass is 19.2. The Balaban J connectivity index is 3.29. The van der Waals surface area contributed by atoms with Crippen molar-refractivity contribution in [1.82, 2.24) is 0 Å². The maximum Gasteiger partial charge on any atom is 0.342 e. The fraction of sp³-hybridized carbons (Fsp3) is 0.333. The molecular weight excluding hydrogens is 246 g/mol. The second-order valence-corrected chi connectivity index (χ2v) is 3.22. The SMILES string of the molecule is CCOC(=O)c1ccc(F)c(F)c1C(=O)OCC. The lowest BCUT2D eigenvalue weighted by Gasteiger charge is -2.09. The molecule has 0 fully saturated rings. The van der Waals surface area contributed by atoms with Crippen LogP contribution < -0.4 is 0 Å². The molecule has 0 aliphatic carbocycles. The summed E-state index contributed by atoms with van der Waals surface area (Å²) in [5.74, 6) is -4.65. The minimum atomic E-state index is -1.42. The van der Waals surface area contributed by atoms with Gasteiger partial charge in [0, 0.05) is 0 Å². The number of rotatable bonds is 4. The van der Waals surface area contributed by atoms with Gasteiger partial charge in [0.15, 0.2) is 11.6 Å². The van der Waals surface area contributed by atoms with Gasteiger partial charge in [-0.3, -0.25) is 0 Å². The van der Waals surface area contributed by atoms with Crippen LogP contribution in [0.3, 0.4) is 0 Å². The quantitative estimate of drug-likeness (QED) is 0.778. The molecule has 0 saturated carbocycles. The van der Waals surface area contributed by atoms with E-state index in [9.17, 15) is 18.4 Å². The molecule has 6 heteroatoms. The molecule has 0 spiro atoms. The smallest absolute Gasteiger partial charge is 0.342 e. The van der Waals surface area contributed by atoms with Crippen LogP contribution >= 0.6 is 0 Å². The predicted molar refractivity (Wildman–Crippen MR) is 58.3 cm³/mol. The lowest BCUT2D eigenvalue weighted by atomic mass is 10.1. The summed E-state index contributed by atoms with van der Waals surface area (Å²) in [6.07, 6.45) is 0. The van der Waals surface area contributed by atoms with Gasteiger partial charge in [0.2, 0.25) is 0 Å². The topological polar surface area (TPSA) is 52.6 Å². The summed E-state index contributed by atoms with van der Waals surface area (Å²) < 4.78 is 35.9. The number of halogens is 2. The first-order chi connectivity index (χ1) is 8.52. The van der Waals surface area contributed by atoms with Gasteiger partial charge in [-0.15, -0.1) is 0 Å². The van der Waals surface area contributed by atoms with Crippen molar-refractivity contribution in [2.45, 2.75) is 13.8 Å². The first kappa shape index (κ1) is 14.1. The fourth-order valence-electron chi connectivity index (χ4n) is 1.33. The van der Waals surface area contributed by atoms with Crippen molar-refractivity contribution in [3.8, 4) is 0 Å². The van der Waals surface area contributed by atoms with E-state index in [0.717, 1.165) is 12.1 Å². The monoisotopic (exact) mass is 258 g/mol. The number of ether oxygens (including phenoxy) is 2. The summed E-state index contributed by atoms with van der Waals surface area (Å²) in [6.45, 7) is 3.11. The number of esters is 2. The molecule has 98 valence electrons. The maximum atomic E-state index is 13.6. The average Bonchev–Trinajstić information content (AvgIpc) is 2.32. The van der Waals surface area contributed by atoms with Crippen molar-refractivity contribution in [1.29, 1.82) is 0 Å². The Morgan fingerprint density at radius 2 is 1.61 bits per heavy atom. The third-order valence-electron chi connectivity index (χ3n) is 2.07. The molecule has 4 nitrogen and oxygen atoms in total. The minimum absolute atomic E-state index is 0.0168. The molecular formula is C12H12F2O4. The number of carbonyl (C=O) groups excluding carboxylic acids is 2. The number of hydrogen-bond donors (Lipinski definition) is 0. The van der Waals surface area contributed by atoms with Gasteiger partial charge in [-0.05, 0) is 26.0 Å². The Kier molecular flexibility index (Phi) is 4.76. The van der Waals surface area contributed by atoms with E-state index in [4.69, 9.17) is 0 Å². The van der Waals surface area contributed by atoms with Gasteiger partial charge in [0.05, 0.1) is 18.8 Å². The zero-order valence-electron chi connectivity index (χ0n) is 9.96. The van der Waals surface area contributed by atoms with Crippen LogP contribution in [0.2, 0.25) is 0 Å². The van der Waals surface area contributed by atoms with E-state index in [1.165, 1.54) is 6.92 Å². The van der Waals surface area contributed by atoms with Crippen LogP contribution in [-0.4, -0.2) is 25.2 Å². The molecule has 0 heterocycles. The van der Waals surface area contributed by atoms with E-state index in [0.29, 0.717) is 0 Å². The zero-order chi connectivity index (χ0) is 13.7. The molecule has 1 aromatic carbocycles. The van der Waals surface area contributed by atoms with Crippen molar-refractivity contribution >= 4 is 11.9 Å². The molecule has 0 saturated heterocycles. The van der Waals surface area contributed by atoms with Crippen LogP contribution in [0.1, 0.15) is 34.6 Å². The summed E-state index contributed by atoms with van der Waals surface area (Å²) in [5.41, 5.74) is -1.09. The second-order valence-electron chi connectivity index (χ2n) is 3.22. The van der Waals surface area contributed by atoms with E-state index in [-0.39, 0.29) is 18.8 Å². The number of hydrogen-bond acceptors (Lipinski definition) is 4. The van der Waals surface area contributed by atoms with E-state index in [1.807, 2.05) is 0 Å². The summed E-state index contributed by atoms with van der Waals surface area (Å²) in [7, 11) is 0. The molecule has 0 radical (unpaired) electrons. The molecule has 0 amide bonds. The lowest BCUT2D eigenvalue weighted by molar-refractivity contribution is 0.0473. The molecule has 0 N–H and O–H groups in total. The summed E-state index contributed by atoms with van der Waals surface area (Å²) in [5, 5.41) is 0. The van der Waals surface area contributed by atoms with Gasteiger partial charge in [0.1, 0.15) is 5.56 Å². The molecule has 18 heavy (non-hydrogen) atoms. The third-order valence-corrected chi connectivity index (χ3v) is 2.07. The van der Waals surface area contributed by atoms with Crippen LogP contribution in [-0.2, 0) is 9.47 Å². The Morgan fingerprint density at radius 3 is 2.17 bits per heavy atom. The summed E-state index contributed by atoms with van der Waals surface area (Å²) >= 11 is 0. The Morgan fingerprint density at radius 1 is 1.06 bits per heavy atom. The lowest BCUT2D eigenvalue weighted by Crippen LogP contribution is -2.17. The van der Waals surface area contributed by atoms with Crippen LogP contribution in [0.25, 0.3) is 0 Å². The summed E-state index contributed by atoms with van der Waals surface area (Å²) in [6, 6.07) is 1.74. The van der Waals surface area contributed by atoms with Crippen molar-refractivity contribution in [3.05, 3.63) is 34.9 Å². The Bertz CT molecular complexity index is 471. The first-order valence-corrected chi connectivity index (χ1v) is 5.35. The van der Waals surface area contributed by atoms with Crippen LogP contribution in [0, 0.1) is 11.6 Å². The predicted octanol–water partition coefficient (Wildman–Crippen LogP) is 2.32. The van der Waals surface area contributed by atoms with Crippen molar-refractivity contribution < 1.29 is 27.8 Å². The van der Waals surface area contributed by atoms with Gasteiger partial charge in [0.25, 0.3) is 0 Å². The molecule has 0 aliphatic heterocycles. The first-order valence-electron chi connectivity index (χ1n) is 5.35. The maximum absolute atomic E-state index is 13.6. The minimum Gasteiger partial charge on any atom is -0.462 e. The zero-order valence-corrected chi connectivity index (χ0v) is 9.96. The molecule has 0 aliphatic rings. The highest BCUT2D eigenvalue weighted by Gasteiger charge is 2.25. The second kappa shape index (κ2) is 6.09. The van der Waals surface area contributed by atoms with Crippen LogP contribution in [0.15, 0.2) is 12.1 Å². The number of benzene rings is 1. The Labute approximate surface area is 103 Å². The molecule has 0 aromatic heterocycles. The Hall–Kier alpha value is -1.98. The summed E-state index contributed by atoms with van der Waals surface area (Å²) in [4.78, 5) is 23.0. The highest BCUT2D eigenvalue weighted by molar-refractivity contribution is 6.03. The standard InChI is InChI=1S/C12H12F2O4/c1-3-17-11(15)7-5-6-8(13)10(14)9(7)12(16)18-4-2/h5-6H,3-4H2,1-2H3.